The number of benzene rings is 1. The van der Waals surface area contributed by atoms with Crippen molar-refractivity contribution in [2.45, 2.75) is 23.8 Å². The predicted molar refractivity (Wildman–Crippen MR) is 70.6 cm³/mol. The van der Waals surface area contributed by atoms with E-state index >= 15 is 0 Å². The van der Waals surface area contributed by atoms with Gasteiger partial charge in [0.05, 0.1) is 11.0 Å². The van der Waals surface area contributed by atoms with E-state index in [1.54, 1.807) is 7.11 Å². The molecule has 0 aliphatic carbocycles. The van der Waals surface area contributed by atoms with Crippen molar-refractivity contribution in [1.29, 1.82) is 0 Å². The smallest absolute Gasteiger partial charge is 0.243 e. The summed E-state index contributed by atoms with van der Waals surface area (Å²) >= 11 is 0. The second-order valence-electron chi connectivity index (χ2n) is 4.55. The number of methoxy groups -OCH3 is 1. The normalized spacial score (nSPS) is 21.2. The molecule has 0 radical (unpaired) electrons. The van der Waals surface area contributed by atoms with Crippen molar-refractivity contribution in [2.75, 3.05) is 20.2 Å². The number of piperidine rings is 1. The van der Waals surface area contributed by atoms with E-state index in [2.05, 4.69) is 0 Å². The molecule has 0 aromatic heterocycles. The van der Waals surface area contributed by atoms with Gasteiger partial charge in [-0.15, -0.1) is 0 Å². The third-order valence-electron chi connectivity index (χ3n) is 3.33. The lowest BCUT2D eigenvalue weighted by Gasteiger charge is -2.31. The molecule has 1 saturated heterocycles. The lowest BCUT2D eigenvalue weighted by molar-refractivity contribution is 0.0572. The van der Waals surface area contributed by atoms with Crippen LogP contribution in [0.15, 0.2) is 29.2 Å². The van der Waals surface area contributed by atoms with E-state index < -0.39 is 10.0 Å². The standard InChI is InChI=1S/C13H17NO4S/c1-18-12-3-2-8-14(9-12)19(16,17)13-6-4-11(10-15)5-7-13/h4-7,10,12H,2-3,8-9H2,1H3/t12-/m1/s1. The molecule has 0 spiro atoms. The number of hydrogen-bond donors (Lipinski definition) is 0. The molecule has 1 atom stereocenters. The molecule has 0 unspecified atom stereocenters. The van der Waals surface area contributed by atoms with Crippen molar-refractivity contribution < 1.29 is 17.9 Å². The number of ether oxygens (including phenoxy) is 1. The zero-order valence-corrected chi connectivity index (χ0v) is 11.6. The van der Waals surface area contributed by atoms with E-state index in [9.17, 15) is 13.2 Å². The molecule has 6 heteroatoms. The van der Waals surface area contributed by atoms with Gasteiger partial charge in [0.2, 0.25) is 10.0 Å². The molecule has 1 aliphatic rings. The van der Waals surface area contributed by atoms with Gasteiger partial charge in [-0.05, 0) is 25.0 Å². The molecular weight excluding hydrogens is 266 g/mol. The highest BCUT2D eigenvalue weighted by Crippen LogP contribution is 2.21. The first-order valence-corrected chi connectivity index (χ1v) is 7.60. The topological polar surface area (TPSA) is 63.7 Å². The van der Waals surface area contributed by atoms with Crippen molar-refractivity contribution in [1.82, 2.24) is 4.31 Å². The number of aldehydes is 1. The van der Waals surface area contributed by atoms with Crippen LogP contribution in [-0.2, 0) is 14.8 Å². The van der Waals surface area contributed by atoms with Crippen molar-refractivity contribution in [3.63, 3.8) is 0 Å². The maximum absolute atomic E-state index is 12.4. The zero-order chi connectivity index (χ0) is 13.9. The number of nitrogens with zero attached hydrogens (tertiary/aromatic N) is 1. The highest BCUT2D eigenvalue weighted by atomic mass is 32.2. The lowest BCUT2D eigenvalue weighted by Crippen LogP contribution is -2.42. The van der Waals surface area contributed by atoms with E-state index in [4.69, 9.17) is 4.74 Å². The summed E-state index contributed by atoms with van der Waals surface area (Å²) in [7, 11) is -1.90. The Balaban J connectivity index is 2.23. The first-order valence-electron chi connectivity index (χ1n) is 6.16. The number of hydrogen-bond acceptors (Lipinski definition) is 4. The summed E-state index contributed by atoms with van der Waals surface area (Å²) in [6.07, 6.45) is 2.33. The third-order valence-corrected chi connectivity index (χ3v) is 5.21. The van der Waals surface area contributed by atoms with Crippen LogP contribution in [0.5, 0.6) is 0 Å². The molecule has 0 bridgehead atoms. The van der Waals surface area contributed by atoms with Crippen LogP contribution >= 0.6 is 0 Å². The number of carbonyl (C=O) groups is 1. The van der Waals surface area contributed by atoms with E-state index in [0.717, 1.165) is 12.8 Å². The lowest BCUT2D eigenvalue weighted by atomic mass is 10.1. The van der Waals surface area contributed by atoms with E-state index in [1.165, 1.54) is 28.6 Å². The highest BCUT2D eigenvalue weighted by Gasteiger charge is 2.30. The van der Waals surface area contributed by atoms with E-state index in [1.807, 2.05) is 0 Å². The molecular formula is C13H17NO4S. The van der Waals surface area contributed by atoms with Crippen LogP contribution in [-0.4, -0.2) is 45.3 Å². The Morgan fingerprint density at radius 3 is 2.58 bits per heavy atom. The summed E-state index contributed by atoms with van der Waals surface area (Å²) in [6, 6.07) is 5.96. The Labute approximate surface area is 113 Å². The Kier molecular flexibility index (Phi) is 4.34. The molecule has 1 aromatic rings. The van der Waals surface area contributed by atoms with Crippen LogP contribution in [0.1, 0.15) is 23.2 Å². The molecule has 0 amide bonds. The third kappa shape index (κ3) is 3.02. The van der Waals surface area contributed by atoms with Crippen molar-refractivity contribution >= 4 is 16.3 Å². The fourth-order valence-corrected chi connectivity index (χ4v) is 3.69. The predicted octanol–water partition coefficient (Wildman–Crippen LogP) is 1.30. The Bertz CT molecular complexity index is 538. The van der Waals surface area contributed by atoms with Crippen LogP contribution in [0.3, 0.4) is 0 Å². The van der Waals surface area contributed by atoms with Gasteiger partial charge in [0.25, 0.3) is 0 Å². The molecule has 1 fully saturated rings. The van der Waals surface area contributed by atoms with Crippen LogP contribution < -0.4 is 0 Å². The van der Waals surface area contributed by atoms with Crippen molar-refractivity contribution in [3.05, 3.63) is 29.8 Å². The monoisotopic (exact) mass is 283 g/mol. The van der Waals surface area contributed by atoms with Gasteiger partial charge in [0.15, 0.2) is 0 Å². The molecule has 2 rings (SSSR count). The number of carbonyl (C=O) groups excluding carboxylic acids is 1. The van der Waals surface area contributed by atoms with Crippen LogP contribution in [0.2, 0.25) is 0 Å². The zero-order valence-electron chi connectivity index (χ0n) is 10.8. The van der Waals surface area contributed by atoms with Gasteiger partial charge in [-0.25, -0.2) is 8.42 Å². The molecule has 19 heavy (non-hydrogen) atoms. The molecule has 1 aromatic carbocycles. The van der Waals surface area contributed by atoms with Crippen molar-refractivity contribution in [2.24, 2.45) is 0 Å². The summed E-state index contributed by atoms with van der Waals surface area (Å²) < 4.78 is 31.5. The van der Waals surface area contributed by atoms with Gasteiger partial charge < -0.3 is 4.74 Å². The van der Waals surface area contributed by atoms with Gasteiger partial charge in [-0.1, -0.05) is 12.1 Å². The fraction of sp³-hybridized carbons (Fsp3) is 0.462. The first kappa shape index (κ1) is 14.2. The highest BCUT2D eigenvalue weighted by molar-refractivity contribution is 7.89. The minimum Gasteiger partial charge on any atom is -0.380 e. The van der Waals surface area contributed by atoms with E-state index in [-0.39, 0.29) is 11.0 Å². The first-order chi connectivity index (χ1) is 9.07. The van der Waals surface area contributed by atoms with Gasteiger partial charge in [-0.2, -0.15) is 4.31 Å². The molecule has 0 saturated carbocycles. The molecule has 1 heterocycles. The molecule has 104 valence electrons. The molecule has 0 N–H and O–H groups in total. The largest absolute Gasteiger partial charge is 0.380 e. The minimum atomic E-state index is -3.49. The van der Waals surface area contributed by atoms with Gasteiger partial charge in [0, 0.05) is 25.8 Å². The Morgan fingerprint density at radius 2 is 2.00 bits per heavy atom. The van der Waals surface area contributed by atoms with Gasteiger partial charge in [0.1, 0.15) is 6.29 Å². The van der Waals surface area contributed by atoms with Crippen molar-refractivity contribution in [3.8, 4) is 0 Å². The average molecular weight is 283 g/mol. The summed E-state index contributed by atoms with van der Waals surface area (Å²) in [5.74, 6) is 0. The van der Waals surface area contributed by atoms with Crippen LogP contribution in [0, 0.1) is 0 Å². The van der Waals surface area contributed by atoms with Crippen LogP contribution in [0.4, 0.5) is 0 Å². The second-order valence-corrected chi connectivity index (χ2v) is 6.49. The maximum atomic E-state index is 12.4. The Hall–Kier alpha value is -1.24. The van der Waals surface area contributed by atoms with Gasteiger partial charge in [-0.3, -0.25) is 4.79 Å². The quantitative estimate of drug-likeness (QED) is 0.781. The maximum Gasteiger partial charge on any atom is 0.243 e. The fourth-order valence-electron chi connectivity index (χ4n) is 2.18. The summed E-state index contributed by atoms with van der Waals surface area (Å²) in [4.78, 5) is 10.8. The molecule has 5 nitrogen and oxygen atoms in total. The average Bonchev–Trinajstić information content (AvgIpc) is 2.47. The Morgan fingerprint density at radius 1 is 1.32 bits per heavy atom. The number of rotatable bonds is 4. The van der Waals surface area contributed by atoms with Crippen LogP contribution in [0.25, 0.3) is 0 Å². The van der Waals surface area contributed by atoms with E-state index in [0.29, 0.717) is 24.9 Å². The summed E-state index contributed by atoms with van der Waals surface area (Å²) in [5, 5.41) is 0. The molecule has 1 aliphatic heterocycles. The van der Waals surface area contributed by atoms with Gasteiger partial charge >= 0.3 is 0 Å². The second kappa shape index (κ2) is 5.81. The SMILES string of the molecule is CO[C@@H]1CCCN(S(=O)(=O)c2ccc(C=O)cc2)C1. The number of sulfonamides is 1. The minimum absolute atomic E-state index is 0.0437. The summed E-state index contributed by atoms with van der Waals surface area (Å²) in [6.45, 7) is 0.895. The summed E-state index contributed by atoms with van der Waals surface area (Å²) in [5.41, 5.74) is 0.465.